The predicted molar refractivity (Wildman–Crippen MR) is 79.8 cm³/mol. The van der Waals surface area contributed by atoms with Gasteiger partial charge in [0.25, 0.3) is 0 Å². The molecule has 3 heteroatoms. The highest BCUT2D eigenvalue weighted by Crippen LogP contribution is 2.42. The van der Waals surface area contributed by atoms with Crippen LogP contribution in [0.1, 0.15) is 43.0 Å². The van der Waals surface area contributed by atoms with Crippen molar-refractivity contribution in [1.29, 1.82) is 0 Å². The Kier molecular flexibility index (Phi) is 4.02. The molecule has 3 rings (SSSR count). The largest absolute Gasteiger partial charge is 0.303 e. The molecular formula is C18H19F2N. The van der Waals surface area contributed by atoms with Crippen molar-refractivity contribution in [3.63, 3.8) is 0 Å². The predicted octanol–water partition coefficient (Wildman–Crippen LogP) is 4.77. The van der Waals surface area contributed by atoms with Crippen LogP contribution in [0.25, 0.3) is 0 Å². The minimum atomic E-state index is -0.537. The van der Waals surface area contributed by atoms with Crippen LogP contribution in [-0.4, -0.2) is 0 Å². The second kappa shape index (κ2) is 5.94. The normalized spacial score (nSPS) is 17.5. The fourth-order valence-corrected chi connectivity index (χ4v) is 2.81. The van der Waals surface area contributed by atoms with Gasteiger partial charge in [0.2, 0.25) is 0 Å². The van der Waals surface area contributed by atoms with E-state index in [2.05, 4.69) is 17.4 Å². The van der Waals surface area contributed by atoms with Crippen molar-refractivity contribution in [1.82, 2.24) is 5.32 Å². The van der Waals surface area contributed by atoms with E-state index in [0.717, 1.165) is 6.07 Å². The molecule has 0 bridgehead atoms. The van der Waals surface area contributed by atoms with E-state index in [1.807, 2.05) is 25.1 Å². The lowest BCUT2D eigenvalue weighted by molar-refractivity contribution is 0.416. The van der Waals surface area contributed by atoms with Gasteiger partial charge in [-0.3, -0.25) is 0 Å². The van der Waals surface area contributed by atoms with Crippen LogP contribution in [0.3, 0.4) is 0 Å². The molecule has 0 aliphatic heterocycles. The van der Waals surface area contributed by atoms with Gasteiger partial charge in [-0.15, -0.1) is 0 Å². The first-order valence-corrected chi connectivity index (χ1v) is 7.41. The minimum Gasteiger partial charge on any atom is -0.303 e. The molecule has 0 spiro atoms. The fraction of sp³-hybridized carbons (Fsp3) is 0.333. The third-order valence-corrected chi connectivity index (χ3v) is 4.11. The summed E-state index contributed by atoms with van der Waals surface area (Å²) in [7, 11) is 0. The van der Waals surface area contributed by atoms with Gasteiger partial charge in [-0.05, 0) is 37.3 Å². The lowest BCUT2D eigenvalue weighted by Gasteiger charge is -2.24. The van der Waals surface area contributed by atoms with Crippen molar-refractivity contribution in [3.8, 4) is 0 Å². The quantitative estimate of drug-likeness (QED) is 0.835. The number of hydrogen-bond donors (Lipinski definition) is 1. The van der Waals surface area contributed by atoms with Crippen LogP contribution in [0.2, 0.25) is 0 Å². The number of halogens is 2. The third-order valence-electron chi connectivity index (χ3n) is 4.11. The van der Waals surface area contributed by atoms with Gasteiger partial charge in [-0.1, -0.05) is 36.4 Å². The third kappa shape index (κ3) is 3.30. The monoisotopic (exact) mass is 287 g/mol. The lowest BCUT2D eigenvalue weighted by atomic mass is 9.99. The van der Waals surface area contributed by atoms with Gasteiger partial charge in [-0.2, -0.15) is 0 Å². The van der Waals surface area contributed by atoms with Gasteiger partial charge in [0, 0.05) is 23.7 Å². The molecule has 0 heterocycles. The van der Waals surface area contributed by atoms with E-state index < -0.39 is 11.6 Å². The maximum absolute atomic E-state index is 13.9. The maximum Gasteiger partial charge on any atom is 0.130 e. The van der Waals surface area contributed by atoms with E-state index in [1.165, 1.54) is 30.5 Å². The Balaban J connectivity index is 1.79. The second-order valence-corrected chi connectivity index (χ2v) is 5.78. The summed E-state index contributed by atoms with van der Waals surface area (Å²) in [4.78, 5) is 0. The van der Waals surface area contributed by atoms with Crippen molar-refractivity contribution < 1.29 is 8.78 Å². The maximum atomic E-state index is 13.9. The SMILES string of the molecule is CC(NC(c1ccccc1)C1CC1)c1ccc(F)cc1F. The summed E-state index contributed by atoms with van der Waals surface area (Å²) in [6, 6.07) is 14.1. The van der Waals surface area contributed by atoms with Crippen molar-refractivity contribution in [2.45, 2.75) is 31.8 Å². The summed E-state index contributed by atoms with van der Waals surface area (Å²) in [5.41, 5.74) is 1.74. The summed E-state index contributed by atoms with van der Waals surface area (Å²) in [6.07, 6.45) is 2.40. The van der Waals surface area contributed by atoms with Gasteiger partial charge >= 0.3 is 0 Å². The van der Waals surface area contributed by atoms with Crippen LogP contribution in [0.5, 0.6) is 0 Å². The summed E-state index contributed by atoms with van der Waals surface area (Å²) >= 11 is 0. The molecule has 0 amide bonds. The summed E-state index contributed by atoms with van der Waals surface area (Å²) in [6.45, 7) is 1.93. The fourth-order valence-electron chi connectivity index (χ4n) is 2.81. The first kappa shape index (κ1) is 14.2. The van der Waals surface area contributed by atoms with Gasteiger partial charge in [0.05, 0.1) is 0 Å². The Bertz CT molecular complexity index is 608. The number of rotatable bonds is 5. The highest BCUT2D eigenvalue weighted by atomic mass is 19.1. The van der Waals surface area contributed by atoms with Crippen LogP contribution < -0.4 is 5.32 Å². The zero-order chi connectivity index (χ0) is 14.8. The molecule has 2 aromatic carbocycles. The molecule has 110 valence electrons. The van der Waals surface area contributed by atoms with E-state index in [-0.39, 0.29) is 12.1 Å². The minimum absolute atomic E-state index is 0.156. The van der Waals surface area contributed by atoms with E-state index >= 15 is 0 Å². The summed E-state index contributed by atoms with van der Waals surface area (Å²) in [5, 5.41) is 3.51. The smallest absolute Gasteiger partial charge is 0.130 e. The highest BCUT2D eigenvalue weighted by Gasteiger charge is 2.33. The molecule has 1 saturated carbocycles. The van der Waals surface area contributed by atoms with E-state index in [9.17, 15) is 8.78 Å². The molecule has 0 saturated heterocycles. The van der Waals surface area contributed by atoms with Gasteiger partial charge < -0.3 is 5.32 Å². The molecule has 21 heavy (non-hydrogen) atoms. The summed E-state index contributed by atoms with van der Waals surface area (Å²) < 4.78 is 26.9. The molecule has 1 nitrogen and oxygen atoms in total. The standard InChI is InChI=1S/C18H19F2N/c1-12(16-10-9-15(19)11-17(16)20)21-18(14-7-8-14)13-5-3-2-4-6-13/h2-6,9-12,14,18,21H,7-8H2,1H3. The van der Waals surface area contributed by atoms with Crippen molar-refractivity contribution >= 4 is 0 Å². The molecule has 0 radical (unpaired) electrons. The van der Waals surface area contributed by atoms with Crippen molar-refractivity contribution in [2.24, 2.45) is 5.92 Å². The van der Waals surface area contributed by atoms with Crippen molar-refractivity contribution in [3.05, 3.63) is 71.3 Å². The molecule has 1 fully saturated rings. The van der Waals surface area contributed by atoms with E-state index in [1.54, 1.807) is 0 Å². The molecule has 2 aromatic rings. The molecular weight excluding hydrogens is 268 g/mol. The average molecular weight is 287 g/mol. The molecule has 1 aliphatic carbocycles. The molecule has 2 atom stereocenters. The Morgan fingerprint density at radius 1 is 1.05 bits per heavy atom. The molecule has 0 aromatic heterocycles. The first-order chi connectivity index (χ1) is 10.1. The lowest BCUT2D eigenvalue weighted by Crippen LogP contribution is -2.26. The van der Waals surface area contributed by atoms with Crippen LogP contribution in [0.4, 0.5) is 8.78 Å². The van der Waals surface area contributed by atoms with Crippen LogP contribution in [0.15, 0.2) is 48.5 Å². The summed E-state index contributed by atoms with van der Waals surface area (Å²) in [5.74, 6) is -0.416. The van der Waals surface area contributed by atoms with Gasteiger partial charge in [0.1, 0.15) is 11.6 Å². The van der Waals surface area contributed by atoms with Crippen LogP contribution in [0, 0.1) is 17.6 Å². The van der Waals surface area contributed by atoms with E-state index in [0.29, 0.717) is 11.5 Å². The number of benzene rings is 2. The topological polar surface area (TPSA) is 12.0 Å². The Hall–Kier alpha value is -1.74. The second-order valence-electron chi connectivity index (χ2n) is 5.78. The van der Waals surface area contributed by atoms with Gasteiger partial charge in [0.15, 0.2) is 0 Å². The highest BCUT2D eigenvalue weighted by molar-refractivity contribution is 5.25. The number of hydrogen-bond acceptors (Lipinski definition) is 1. The zero-order valence-electron chi connectivity index (χ0n) is 12.0. The molecule has 1 aliphatic rings. The van der Waals surface area contributed by atoms with Crippen LogP contribution in [-0.2, 0) is 0 Å². The van der Waals surface area contributed by atoms with E-state index in [4.69, 9.17) is 0 Å². The van der Waals surface area contributed by atoms with Crippen LogP contribution >= 0.6 is 0 Å². The van der Waals surface area contributed by atoms with Crippen molar-refractivity contribution in [2.75, 3.05) is 0 Å². The Morgan fingerprint density at radius 3 is 2.38 bits per heavy atom. The first-order valence-electron chi connectivity index (χ1n) is 7.41. The average Bonchev–Trinajstić information content (AvgIpc) is 3.30. The zero-order valence-corrected chi connectivity index (χ0v) is 12.0. The number of nitrogens with one attached hydrogen (secondary N) is 1. The van der Waals surface area contributed by atoms with Gasteiger partial charge in [-0.25, -0.2) is 8.78 Å². The molecule has 2 unspecified atom stereocenters. The Labute approximate surface area is 124 Å². The Morgan fingerprint density at radius 2 is 1.76 bits per heavy atom. The molecule has 1 N–H and O–H groups in total.